The van der Waals surface area contributed by atoms with Crippen molar-refractivity contribution in [3.63, 3.8) is 0 Å². The van der Waals surface area contributed by atoms with E-state index in [2.05, 4.69) is 0 Å². The minimum absolute atomic E-state index is 0.0624. The molecule has 0 atom stereocenters. The Morgan fingerprint density at radius 1 is 1.00 bits per heavy atom. The molecule has 2 heterocycles. The van der Waals surface area contributed by atoms with Gasteiger partial charge in [-0.3, -0.25) is 28.1 Å². The van der Waals surface area contributed by atoms with Gasteiger partial charge in [0.15, 0.2) is 0 Å². The Bertz CT molecular complexity index is 1050. The molecule has 8 nitrogen and oxygen atoms in total. The van der Waals surface area contributed by atoms with Gasteiger partial charge in [0.25, 0.3) is 17.0 Å². The van der Waals surface area contributed by atoms with Gasteiger partial charge >= 0.3 is 5.69 Å². The van der Waals surface area contributed by atoms with Crippen molar-refractivity contribution < 1.29 is 4.79 Å². The van der Waals surface area contributed by atoms with Crippen molar-refractivity contribution in [2.24, 2.45) is 21.1 Å². The van der Waals surface area contributed by atoms with Gasteiger partial charge in [-0.05, 0) is 12.8 Å². The Hall–Kier alpha value is -2.64. The van der Waals surface area contributed by atoms with Crippen molar-refractivity contribution >= 4 is 16.9 Å². The zero-order valence-corrected chi connectivity index (χ0v) is 15.6. The van der Waals surface area contributed by atoms with Crippen molar-refractivity contribution in [3.05, 3.63) is 42.8 Å². The largest absolute Gasteiger partial charge is 0.339 e. The third-order valence-electron chi connectivity index (χ3n) is 5.49. The second-order valence-corrected chi connectivity index (χ2v) is 7.07. The van der Waals surface area contributed by atoms with Gasteiger partial charge in [-0.2, -0.15) is 0 Å². The zero-order chi connectivity index (χ0) is 19.2. The van der Waals surface area contributed by atoms with Crippen LogP contribution in [0.15, 0.2) is 20.4 Å². The van der Waals surface area contributed by atoms with E-state index in [-0.39, 0.29) is 28.5 Å². The molecule has 1 aliphatic carbocycles. The van der Waals surface area contributed by atoms with Gasteiger partial charge in [0.2, 0.25) is 0 Å². The Kier molecular flexibility index (Phi) is 4.60. The van der Waals surface area contributed by atoms with E-state index in [9.17, 15) is 19.2 Å². The third-order valence-corrected chi connectivity index (χ3v) is 5.49. The lowest BCUT2D eigenvalue weighted by Gasteiger charge is -2.31. The molecule has 1 amide bonds. The summed E-state index contributed by atoms with van der Waals surface area (Å²) < 4.78 is 3.43. The minimum Gasteiger partial charge on any atom is -0.339 e. The van der Waals surface area contributed by atoms with Gasteiger partial charge in [0, 0.05) is 40.3 Å². The van der Waals surface area contributed by atoms with Crippen molar-refractivity contribution in [3.8, 4) is 0 Å². The van der Waals surface area contributed by atoms with Gasteiger partial charge in [-0.25, -0.2) is 4.79 Å². The van der Waals surface area contributed by atoms with Crippen molar-refractivity contribution in [2.45, 2.75) is 38.1 Å². The normalized spacial score (nSPS) is 15.4. The van der Waals surface area contributed by atoms with Gasteiger partial charge in [0.1, 0.15) is 5.65 Å². The molecule has 0 spiro atoms. The first kappa shape index (κ1) is 18.2. The lowest BCUT2D eigenvalue weighted by atomic mass is 9.94. The Labute approximate surface area is 150 Å². The molecule has 0 aliphatic heterocycles. The van der Waals surface area contributed by atoms with Crippen LogP contribution in [0.4, 0.5) is 0 Å². The summed E-state index contributed by atoms with van der Waals surface area (Å²) >= 11 is 0. The van der Waals surface area contributed by atoms with Crippen LogP contribution in [0.2, 0.25) is 0 Å². The molecule has 0 radical (unpaired) electrons. The number of hydrogen-bond acceptors (Lipinski definition) is 4. The molecule has 0 N–H and O–H groups in total. The van der Waals surface area contributed by atoms with Crippen molar-refractivity contribution in [2.75, 3.05) is 7.05 Å². The number of rotatable bonds is 2. The fourth-order valence-electron chi connectivity index (χ4n) is 3.85. The first-order valence-corrected chi connectivity index (χ1v) is 8.82. The summed E-state index contributed by atoms with van der Waals surface area (Å²) in [5.74, 6) is -0.352. The Morgan fingerprint density at radius 2 is 1.62 bits per heavy atom. The average molecular weight is 360 g/mol. The van der Waals surface area contributed by atoms with Crippen LogP contribution in [0.25, 0.3) is 11.0 Å². The molecule has 2 aromatic heterocycles. The first-order valence-electron chi connectivity index (χ1n) is 8.82. The minimum atomic E-state index is -0.570. The molecule has 140 valence electrons. The van der Waals surface area contributed by atoms with Crippen LogP contribution in [-0.4, -0.2) is 37.6 Å². The van der Waals surface area contributed by atoms with Crippen molar-refractivity contribution in [1.82, 2.24) is 18.6 Å². The predicted molar refractivity (Wildman–Crippen MR) is 98.6 cm³/mol. The van der Waals surface area contributed by atoms with Gasteiger partial charge in [0.05, 0.1) is 10.9 Å². The standard InChI is InChI=1S/C18H24N4O4/c1-19(11-8-6-5-7-9-11)16(24)12-10-13(23)20(2)15-14(12)17(25)22(4)18(26)21(15)3/h10-11H,5-9H2,1-4H3. The number of hydrogen-bond donors (Lipinski definition) is 0. The monoisotopic (exact) mass is 360 g/mol. The summed E-state index contributed by atoms with van der Waals surface area (Å²) in [6, 6.07) is 1.31. The molecule has 0 bridgehead atoms. The number of pyridine rings is 1. The van der Waals surface area contributed by atoms with Gasteiger partial charge in [-0.15, -0.1) is 0 Å². The maximum atomic E-state index is 13.1. The van der Waals surface area contributed by atoms with Crippen LogP contribution < -0.4 is 16.8 Å². The number of amides is 1. The van der Waals surface area contributed by atoms with Crippen LogP contribution in [0, 0.1) is 0 Å². The fourth-order valence-corrected chi connectivity index (χ4v) is 3.85. The van der Waals surface area contributed by atoms with Crippen LogP contribution in [0.3, 0.4) is 0 Å². The van der Waals surface area contributed by atoms with Gasteiger partial charge in [-0.1, -0.05) is 19.3 Å². The second-order valence-electron chi connectivity index (χ2n) is 7.07. The highest BCUT2D eigenvalue weighted by atomic mass is 16.2. The number of carbonyl (C=O) groups excluding carboxylic acids is 1. The molecule has 3 rings (SSSR count). The van der Waals surface area contributed by atoms with E-state index in [0.717, 1.165) is 36.7 Å². The van der Waals surface area contributed by atoms with Crippen LogP contribution in [0.1, 0.15) is 42.5 Å². The quantitative estimate of drug-likeness (QED) is 0.773. The number of carbonyl (C=O) groups is 1. The molecule has 0 unspecified atom stereocenters. The molecule has 26 heavy (non-hydrogen) atoms. The van der Waals surface area contributed by atoms with Crippen LogP contribution >= 0.6 is 0 Å². The molecular formula is C18H24N4O4. The van der Waals surface area contributed by atoms with E-state index in [1.807, 2.05) is 0 Å². The summed E-state index contributed by atoms with van der Waals surface area (Å²) in [7, 11) is 6.06. The molecule has 1 aliphatic rings. The Balaban J connectivity index is 2.28. The van der Waals surface area contributed by atoms with E-state index in [1.54, 1.807) is 11.9 Å². The molecule has 2 aromatic rings. The molecule has 1 fully saturated rings. The number of nitrogens with zero attached hydrogens (tertiary/aromatic N) is 4. The maximum Gasteiger partial charge on any atom is 0.332 e. The van der Waals surface area contributed by atoms with Gasteiger partial charge < -0.3 is 4.90 Å². The smallest absolute Gasteiger partial charge is 0.332 e. The summed E-state index contributed by atoms with van der Waals surface area (Å²) in [4.78, 5) is 52.1. The lowest BCUT2D eigenvalue weighted by Crippen LogP contribution is -2.43. The maximum absolute atomic E-state index is 13.1. The highest BCUT2D eigenvalue weighted by Crippen LogP contribution is 2.23. The highest BCUT2D eigenvalue weighted by Gasteiger charge is 2.27. The van der Waals surface area contributed by atoms with E-state index in [0.29, 0.717) is 0 Å². The first-order chi connectivity index (χ1) is 12.3. The van der Waals surface area contributed by atoms with Crippen LogP contribution in [-0.2, 0) is 21.1 Å². The molecular weight excluding hydrogens is 336 g/mol. The van der Waals surface area contributed by atoms with E-state index in [1.165, 1.54) is 36.3 Å². The Morgan fingerprint density at radius 3 is 2.23 bits per heavy atom. The second kappa shape index (κ2) is 6.59. The SMILES string of the molecule is CN(C(=O)c1cc(=O)n(C)c2c1c(=O)n(C)c(=O)n2C)C1CCCCC1. The molecule has 0 aromatic carbocycles. The highest BCUT2D eigenvalue weighted by molar-refractivity contribution is 6.05. The molecule has 1 saturated carbocycles. The number of aryl methyl sites for hydroxylation is 2. The average Bonchev–Trinajstić information content (AvgIpc) is 2.65. The molecule has 0 saturated heterocycles. The zero-order valence-electron chi connectivity index (χ0n) is 15.6. The summed E-state index contributed by atoms with van der Waals surface area (Å²) in [6.07, 6.45) is 5.13. The molecule has 8 heteroatoms. The van der Waals surface area contributed by atoms with E-state index >= 15 is 0 Å². The summed E-state index contributed by atoms with van der Waals surface area (Å²) in [5, 5.41) is 0.101. The van der Waals surface area contributed by atoms with E-state index < -0.39 is 16.8 Å². The summed E-state index contributed by atoms with van der Waals surface area (Å²) in [6.45, 7) is 0. The summed E-state index contributed by atoms with van der Waals surface area (Å²) in [5.41, 5.74) is -1.32. The number of aromatic nitrogens is 3. The van der Waals surface area contributed by atoms with Crippen molar-refractivity contribution in [1.29, 1.82) is 0 Å². The predicted octanol–water partition coefficient (Wildman–Crippen LogP) is 0.341. The lowest BCUT2D eigenvalue weighted by molar-refractivity contribution is 0.0698. The van der Waals surface area contributed by atoms with Crippen LogP contribution in [0.5, 0.6) is 0 Å². The fraction of sp³-hybridized carbons (Fsp3) is 0.556. The number of fused-ring (bicyclic) bond motifs is 1. The van der Waals surface area contributed by atoms with E-state index in [4.69, 9.17) is 0 Å². The topological polar surface area (TPSA) is 86.3 Å². The third kappa shape index (κ3) is 2.69.